The zero-order chi connectivity index (χ0) is 11.4. The van der Waals surface area contributed by atoms with Crippen LogP contribution in [0.25, 0.3) is 0 Å². The molecule has 0 unspecified atom stereocenters. The van der Waals surface area contributed by atoms with Gasteiger partial charge >= 0.3 is 0 Å². The van der Waals surface area contributed by atoms with Crippen LogP contribution < -0.4 is 0 Å². The highest BCUT2D eigenvalue weighted by Crippen LogP contribution is 2.40. The van der Waals surface area contributed by atoms with Crippen molar-refractivity contribution in [3.8, 4) is 0 Å². The van der Waals surface area contributed by atoms with Crippen LogP contribution in [0.15, 0.2) is 0 Å². The molecule has 0 radical (unpaired) electrons. The highest BCUT2D eigenvalue weighted by molar-refractivity contribution is 9.09. The molecule has 0 heterocycles. The predicted molar refractivity (Wildman–Crippen MR) is 72.1 cm³/mol. The predicted octanol–water partition coefficient (Wildman–Crippen LogP) is 4.54. The summed E-state index contributed by atoms with van der Waals surface area (Å²) in [6.07, 6.45) is 10.9. The first-order chi connectivity index (χ1) is 7.78. The number of hydrogen-bond acceptors (Lipinski definition) is 1. The Kier molecular flexibility index (Phi) is 4.72. The summed E-state index contributed by atoms with van der Waals surface area (Å²) in [4.78, 5) is 0. The van der Waals surface area contributed by atoms with E-state index in [9.17, 15) is 0 Å². The largest absolute Gasteiger partial charge is 0.374 e. The number of alkyl halides is 1. The molecule has 2 aliphatic carbocycles. The summed E-state index contributed by atoms with van der Waals surface area (Å²) in [7, 11) is 0. The average Bonchev–Trinajstić information content (AvgIpc) is 3.13. The molecule has 2 heteroatoms. The minimum Gasteiger partial charge on any atom is -0.374 e. The number of halogens is 1. The second-order valence-corrected chi connectivity index (χ2v) is 6.36. The SMILES string of the molecule is CCCC1CCC(CBr)(OCC2CC2)CC1. The Morgan fingerprint density at radius 3 is 2.31 bits per heavy atom. The Morgan fingerprint density at radius 2 is 1.81 bits per heavy atom. The molecule has 0 aromatic heterocycles. The van der Waals surface area contributed by atoms with Crippen LogP contribution in [0.3, 0.4) is 0 Å². The van der Waals surface area contributed by atoms with Gasteiger partial charge in [-0.3, -0.25) is 0 Å². The Morgan fingerprint density at radius 1 is 1.12 bits per heavy atom. The molecule has 2 aliphatic rings. The molecule has 1 nitrogen and oxygen atoms in total. The van der Waals surface area contributed by atoms with Gasteiger partial charge in [0.05, 0.1) is 12.2 Å². The second-order valence-electron chi connectivity index (χ2n) is 5.80. The Labute approximate surface area is 108 Å². The van der Waals surface area contributed by atoms with Crippen molar-refractivity contribution >= 4 is 15.9 Å². The van der Waals surface area contributed by atoms with Gasteiger partial charge in [0, 0.05) is 5.33 Å². The fourth-order valence-electron chi connectivity index (χ4n) is 2.80. The topological polar surface area (TPSA) is 9.23 Å². The summed E-state index contributed by atoms with van der Waals surface area (Å²) in [5.41, 5.74) is 0.187. The maximum atomic E-state index is 6.22. The summed E-state index contributed by atoms with van der Waals surface area (Å²) in [5, 5.41) is 1.03. The van der Waals surface area contributed by atoms with E-state index >= 15 is 0 Å². The molecule has 2 saturated carbocycles. The van der Waals surface area contributed by atoms with Crippen LogP contribution in [0.5, 0.6) is 0 Å². The Hall–Kier alpha value is 0.440. The van der Waals surface area contributed by atoms with Gasteiger partial charge in [0.1, 0.15) is 0 Å². The van der Waals surface area contributed by atoms with Crippen molar-refractivity contribution in [1.82, 2.24) is 0 Å². The van der Waals surface area contributed by atoms with Crippen molar-refractivity contribution < 1.29 is 4.74 Å². The Balaban J connectivity index is 1.76. The minimum absolute atomic E-state index is 0.187. The van der Waals surface area contributed by atoms with Crippen LogP contribution in [0.4, 0.5) is 0 Å². The molecule has 94 valence electrons. The van der Waals surface area contributed by atoms with Crippen molar-refractivity contribution in [2.75, 3.05) is 11.9 Å². The molecule has 0 N–H and O–H groups in total. The number of hydrogen-bond donors (Lipinski definition) is 0. The third-order valence-corrected chi connectivity index (χ3v) is 5.30. The summed E-state index contributed by atoms with van der Waals surface area (Å²) in [6.45, 7) is 3.32. The van der Waals surface area contributed by atoms with Gasteiger partial charge in [-0.05, 0) is 50.4 Å². The minimum atomic E-state index is 0.187. The molecule has 0 atom stereocenters. The van der Waals surface area contributed by atoms with Crippen molar-refractivity contribution in [1.29, 1.82) is 0 Å². The lowest BCUT2D eigenvalue weighted by Gasteiger charge is -2.39. The van der Waals surface area contributed by atoms with E-state index in [2.05, 4.69) is 22.9 Å². The highest BCUT2D eigenvalue weighted by atomic mass is 79.9. The van der Waals surface area contributed by atoms with E-state index < -0.39 is 0 Å². The zero-order valence-corrected chi connectivity index (χ0v) is 12.1. The fraction of sp³-hybridized carbons (Fsp3) is 1.00. The molecular formula is C14H25BrO. The fourth-order valence-corrected chi connectivity index (χ4v) is 3.52. The molecule has 0 spiro atoms. The molecule has 2 fully saturated rings. The third-order valence-electron chi connectivity index (χ3n) is 4.28. The van der Waals surface area contributed by atoms with Crippen molar-refractivity contribution in [2.45, 2.75) is 63.9 Å². The summed E-state index contributed by atoms with van der Waals surface area (Å²) in [5.74, 6) is 1.87. The van der Waals surface area contributed by atoms with E-state index in [1.807, 2.05) is 0 Å². The van der Waals surface area contributed by atoms with Crippen LogP contribution in [0.1, 0.15) is 58.3 Å². The van der Waals surface area contributed by atoms with E-state index in [0.29, 0.717) is 0 Å². The second kappa shape index (κ2) is 5.86. The molecular weight excluding hydrogens is 264 g/mol. The lowest BCUT2D eigenvalue weighted by atomic mass is 9.78. The van der Waals surface area contributed by atoms with Crippen LogP contribution >= 0.6 is 15.9 Å². The van der Waals surface area contributed by atoms with Gasteiger partial charge in [-0.15, -0.1) is 0 Å². The molecule has 0 aliphatic heterocycles. The molecule has 0 aromatic carbocycles. The van der Waals surface area contributed by atoms with E-state index in [-0.39, 0.29) is 5.60 Å². The number of rotatable bonds is 6. The van der Waals surface area contributed by atoms with E-state index in [0.717, 1.165) is 23.8 Å². The van der Waals surface area contributed by atoms with Crippen molar-refractivity contribution in [3.05, 3.63) is 0 Å². The average molecular weight is 289 g/mol. The van der Waals surface area contributed by atoms with Crippen LogP contribution in [0, 0.1) is 11.8 Å². The molecule has 0 amide bonds. The van der Waals surface area contributed by atoms with Gasteiger partial charge in [0.25, 0.3) is 0 Å². The Bertz CT molecular complexity index is 205. The zero-order valence-electron chi connectivity index (χ0n) is 10.5. The van der Waals surface area contributed by atoms with Gasteiger partial charge < -0.3 is 4.74 Å². The molecule has 0 bridgehead atoms. The first-order valence-corrected chi connectivity index (χ1v) is 8.10. The first kappa shape index (κ1) is 12.9. The normalized spacial score (nSPS) is 35.2. The standard InChI is InChI=1S/C14H25BrO/c1-2-3-12-6-8-14(11-15,9-7-12)16-10-13-4-5-13/h12-13H,2-11H2,1H3. The summed E-state index contributed by atoms with van der Waals surface area (Å²) in [6, 6.07) is 0. The lowest BCUT2D eigenvalue weighted by Crippen LogP contribution is -2.39. The van der Waals surface area contributed by atoms with Gasteiger partial charge in [-0.2, -0.15) is 0 Å². The summed E-state index contributed by atoms with van der Waals surface area (Å²) < 4.78 is 6.22. The number of ether oxygens (including phenoxy) is 1. The quantitative estimate of drug-likeness (QED) is 0.652. The third kappa shape index (κ3) is 3.46. The van der Waals surface area contributed by atoms with Crippen LogP contribution in [-0.2, 0) is 4.74 Å². The molecule has 0 aromatic rings. The molecule has 0 saturated heterocycles. The lowest BCUT2D eigenvalue weighted by molar-refractivity contribution is -0.0648. The van der Waals surface area contributed by atoms with Crippen molar-refractivity contribution in [2.24, 2.45) is 11.8 Å². The van der Waals surface area contributed by atoms with Gasteiger partial charge in [0.15, 0.2) is 0 Å². The van der Waals surface area contributed by atoms with Crippen LogP contribution in [0.2, 0.25) is 0 Å². The maximum absolute atomic E-state index is 6.22. The monoisotopic (exact) mass is 288 g/mol. The van der Waals surface area contributed by atoms with Crippen molar-refractivity contribution in [3.63, 3.8) is 0 Å². The molecule has 16 heavy (non-hydrogen) atoms. The molecule has 2 rings (SSSR count). The smallest absolute Gasteiger partial charge is 0.0779 e. The van der Waals surface area contributed by atoms with Gasteiger partial charge in [0.2, 0.25) is 0 Å². The van der Waals surface area contributed by atoms with E-state index in [1.165, 1.54) is 51.4 Å². The van der Waals surface area contributed by atoms with E-state index in [1.54, 1.807) is 0 Å². The maximum Gasteiger partial charge on any atom is 0.0779 e. The van der Waals surface area contributed by atoms with E-state index in [4.69, 9.17) is 4.74 Å². The highest BCUT2D eigenvalue weighted by Gasteiger charge is 2.36. The van der Waals surface area contributed by atoms with Crippen LogP contribution in [-0.4, -0.2) is 17.5 Å². The first-order valence-electron chi connectivity index (χ1n) is 6.98. The van der Waals surface area contributed by atoms with Gasteiger partial charge in [-0.1, -0.05) is 35.7 Å². The van der Waals surface area contributed by atoms with Gasteiger partial charge in [-0.25, -0.2) is 0 Å². The summed E-state index contributed by atoms with van der Waals surface area (Å²) >= 11 is 3.67.